The number of ether oxygens (including phenoxy) is 2. The van der Waals surface area contributed by atoms with Crippen molar-refractivity contribution in [3.8, 4) is 0 Å². The molecular formula is C13H27NO5S. The van der Waals surface area contributed by atoms with Crippen molar-refractivity contribution in [2.45, 2.75) is 56.9 Å². The van der Waals surface area contributed by atoms with E-state index >= 15 is 0 Å². The molecule has 1 aliphatic rings. The van der Waals surface area contributed by atoms with Crippen LogP contribution in [0.25, 0.3) is 0 Å². The number of aliphatic hydroxyl groups excluding tert-OH is 3. The van der Waals surface area contributed by atoms with Gasteiger partial charge in [0.1, 0.15) is 18.3 Å². The molecule has 5 unspecified atom stereocenters. The van der Waals surface area contributed by atoms with E-state index < -0.39 is 30.7 Å². The summed E-state index contributed by atoms with van der Waals surface area (Å²) in [5.74, 6) is 1.83. The lowest BCUT2D eigenvalue weighted by Gasteiger charge is -2.40. The summed E-state index contributed by atoms with van der Waals surface area (Å²) in [7, 11) is 0. The quantitative estimate of drug-likeness (QED) is 0.433. The highest BCUT2D eigenvalue weighted by Crippen LogP contribution is 2.25. The van der Waals surface area contributed by atoms with Gasteiger partial charge in [-0.05, 0) is 18.6 Å². The summed E-state index contributed by atoms with van der Waals surface area (Å²) < 4.78 is 10.8. The van der Waals surface area contributed by atoms with Gasteiger partial charge in [0.05, 0.1) is 6.10 Å². The molecule has 120 valence electrons. The van der Waals surface area contributed by atoms with Crippen LogP contribution in [0.15, 0.2) is 0 Å². The average Bonchev–Trinajstić information content (AvgIpc) is 2.43. The van der Waals surface area contributed by atoms with Crippen LogP contribution in [-0.2, 0) is 9.47 Å². The second-order valence-electron chi connectivity index (χ2n) is 4.92. The summed E-state index contributed by atoms with van der Waals surface area (Å²) in [6, 6.07) is 0. The third kappa shape index (κ3) is 5.48. The molecule has 0 spiro atoms. The van der Waals surface area contributed by atoms with E-state index in [2.05, 4.69) is 0 Å². The van der Waals surface area contributed by atoms with Gasteiger partial charge in [0.15, 0.2) is 6.29 Å². The van der Waals surface area contributed by atoms with Gasteiger partial charge in [0, 0.05) is 18.9 Å². The number of nitrogens with two attached hydrogens (primary N) is 1. The Hall–Kier alpha value is 0.110. The fourth-order valence-corrected chi connectivity index (χ4v) is 2.88. The van der Waals surface area contributed by atoms with Crippen LogP contribution in [0.5, 0.6) is 0 Å². The van der Waals surface area contributed by atoms with E-state index in [0.717, 1.165) is 24.3 Å². The average molecular weight is 309 g/mol. The van der Waals surface area contributed by atoms with Crippen LogP contribution in [0.4, 0.5) is 0 Å². The molecule has 0 amide bonds. The molecule has 5 atom stereocenters. The minimum atomic E-state index is -1.19. The van der Waals surface area contributed by atoms with Gasteiger partial charge >= 0.3 is 0 Å². The van der Waals surface area contributed by atoms with Crippen LogP contribution < -0.4 is 5.73 Å². The van der Waals surface area contributed by atoms with E-state index in [1.807, 2.05) is 6.92 Å². The molecule has 7 heteroatoms. The van der Waals surface area contributed by atoms with Crippen molar-refractivity contribution in [3.05, 3.63) is 0 Å². The van der Waals surface area contributed by atoms with Gasteiger partial charge in [0.2, 0.25) is 0 Å². The van der Waals surface area contributed by atoms with Gasteiger partial charge in [-0.2, -0.15) is 11.8 Å². The van der Waals surface area contributed by atoms with Gasteiger partial charge in [-0.3, -0.25) is 0 Å². The summed E-state index contributed by atoms with van der Waals surface area (Å²) in [5.41, 5.74) is 5.39. The summed E-state index contributed by atoms with van der Waals surface area (Å²) in [6.07, 6.45) is -2.55. The van der Waals surface area contributed by atoms with Crippen LogP contribution >= 0.6 is 11.8 Å². The number of aliphatic hydroxyl groups is 3. The van der Waals surface area contributed by atoms with Crippen molar-refractivity contribution >= 4 is 11.8 Å². The maximum absolute atomic E-state index is 10.0. The van der Waals surface area contributed by atoms with E-state index in [4.69, 9.17) is 15.2 Å². The number of hydrogen-bond donors (Lipinski definition) is 4. The lowest BCUT2D eigenvalue weighted by Crippen LogP contribution is -2.58. The first-order valence-electron chi connectivity index (χ1n) is 7.20. The Morgan fingerprint density at radius 3 is 2.60 bits per heavy atom. The third-order valence-electron chi connectivity index (χ3n) is 3.24. The predicted molar refractivity (Wildman–Crippen MR) is 78.5 cm³/mol. The van der Waals surface area contributed by atoms with E-state index in [9.17, 15) is 15.3 Å². The molecule has 5 N–H and O–H groups in total. The zero-order valence-corrected chi connectivity index (χ0v) is 12.8. The number of thioether (sulfide) groups is 1. The lowest BCUT2D eigenvalue weighted by molar-refractivity contribution is -0.292. The maximum atomic E-state index is 10.0. The molecule has 0 aliphatic carbocycles. The molecule has 1 rings (SSSR count). The van der Waals surface area contributed by atoms with Gasteiger partial charge in [-0.1, -0.05) is 13.3 Å². The van der Waals surface area contributed by atoms with Crippen molar-refractivity contribution < 1.29 is 24.8 Å². The first-order chi connectivity index (χ1) is 9.61. The van der Waals surface area contributed by atoms with Crippen LogP contribution in [0.2, 0.25) is 0 Å². The monoisotopic (exact) mass is 309 g/mol. The smallest absolute Gasteiger partial charge is 0.184 e. The van der Waals surface area contributed by atoms with Gasteiger partial charge in [-0.25, -0.2) is 0 Å². The molecule has 0 bridgehead atoms. The molecule has 0 aromatic heterocycles. The van der Waals surface area contributed by atoms with Crippen molar-refractivity contribution in [1.82, 2.24) is 0 Å². The Bertz CT molecular complexity index is 259. The Morgan fingerprint density at radius 1 is 1.20 bits per heavy atom. The minimum absolute atomic E-state index is 0.408. The van der Waals surface area contributed by atoms with Crippen molar-refractivity contribution in [2.24, 2.45) is 5.73 Å². The van der Waals surface area contributed by atoms with E-state index in [0.29, 0.717) is 19.6 Å². The second-order valence-corrected chi connectivity index (χ2v) is 6.15. The van der Waals surface area contributed by atoms with Gasteiger partial charge in [0.25, 0.3) is 0 Å². The molecule has 20 heavy (non-hydrogen) atoms. The highest BCUT2D eigenvalue weighted by atomic mass is 32.2. The molecule has 0 saturated carbocycles. The third-order valence-corrected chi connectivity index (χ3v) is 4.34. The molecule has 0 radical (unpaired) electrons. The normalized spacial score (nSPS) is 34.4. The summed E-state index contributed by atoms with van der Waals surface area (Å²) >= 11 is 1.74. The van der Waals surface area contributed by atoms with Gasteiger partial charge in [-0.15, -0.1) is 0 Å². The summed E-state index contributed by atoms with van der Waals surface area (Å²) in [6.45, 7) is 3.02. The first kappa shape index (κ1) is 18.2. The van der Waals surface area contributed by atoms with E-state index in [1.54, 1.807) is 11.8 Å². The minimum Gasteiger partial charge on any atom is -0.388 e. The van der Waals surface area contributed by atoms with Crippen LogP contribution in [-0.4, -0.2) is 70.7 Å². The van der Waals surface area contributed by atoms with E-state index in [1.165, 1.54) is 0 Å². The molecule has 1 heterocycles. The Kier molecular flexibility index (Phi) is 9.03. The van der Waals surface area contributed by atoms with Crippen molar-refractivity contribution in [2.75, 3.05) is 24.7 Å². The highest BCUT2D eigenvalue weighted by Gasteiger charge is 2.43. The summed E-state index contributed by atoms with van der Waals surface area (Å²) in [5, 5.41) is 29.8. The van der Waals surface area contributed by atoms with Crippen molar-refractivity contribution in [1.29, 1.82) is 0 Å². The van der Waals surface area contributed by atoms with Crippen LogP contribution in [0.3, 0.4) is 0 Å². The summed E-state index contributed by atoms with van der Waals surface area (Å²) in [4.78, 5) is 0. The predicted octanol–water partition coefficient (Wildman–Crippen LogP) is -0.307. The fraction of sp³-hybridized carbons (Fsp3) is 1.00. The molecule has 1 aliphatic heterocycles. The van der Waals surface area contributed by atoms with E-state index in [-0.39, 0.29) is 0 Å². The Labute approximate surface area is 124 Å². The molecule has 1 saturated heterocycles. The molecule has 0 aromatic rings. The zero-order valence-electron chi connectivity index (χ0n) is 12.0. The number of rotatable bonds is 9. The fourth-order valence-electron chi connectivity index (χ4n) is 2.19. The molecular weight excluding hydrogens is 282 g/mol. The topological polar surface area (TPSA) is 105 Å². The molecule has 6 nitrogen and oxygen atoms in total. The standard InChI is InChI=1S/C13H27NO5S/c1-2-4-9-10(15)11(16)12(13(17)19-9)18-6-3-7-20-8-5-14/h9-13,15-17H,2-8,14H2,1H3. The highest BCUT2D eigenvalue weighted by molar-refractivity contribution is 7.99. The lowest BCUT2D eigenvalue weighted by atomic mass is 9.96. The first-order valence-corrected chi connectivity index (χ1v) is 8.36. The van der Waals surface area contributed by atoms with Crippen LogP contribution in [0.1, 0.15) is 26.2 Å². The van der Waals surface area contributed by atoms with Crippen LogP contribution in [0, 0.1) is 0 Å². The Morgan fingerprint density at radius 2 is 1.95 bits per heavy atom. The second kappa shape index (κ2) is 9.94. The maximum Gasteiger partial charge on any atom is 0.184 e. The zero-order chi connectivity index (χ0) is 15.0. The molecule has 0 aromatic carbocycles. The SMILES string of the molecule is CCCC1OC(O)C(OCCCSCCN)C(O)C1O. The van der Waals surface area contributed by atoms with Crippen molar-refractivity contribution in [3.63, 3.8) is 0 Å². The molecule has 1 fully saturated rings. The largest absolute Gasteiger partial charge is 0.388 e. The Balaban J connectivity index is 2.31. The van der Waals surface area contributed by atoms with Gasteiger partial charge < -0.3 is 30.5 Å². The number of hydrogen-bond acceptors (Lipinski definition) is 7.